The molecule has 0 spiro atoms. The van der Waals surface area contributed by atoms with E-state index in [1.807, 2.05) is 0 Å². The van der Waals surface area contributed by atoms with Gasteiger partial charge < -0.3 is 15.2 Å². The summed E-state index contributed by atoms with van der Waals surface area (Å²) in [6.07, 6.45) is 4.61. The van der Waals surface area contributed by atoms with E-state index in [0.29, 0.717) is 0 Å². The summed E-state index contributed by atoms with van der Waals surface area (Å²) in [4.78, 5) is 6.05. The molecule has 3 nitrogen and oxygen atoms in total. The highest BCUT2D eigenvalue weighted by Gasteiger charge is 2.11. The molecule has 1 fully saturated rings. The maximum atomic E-state index is 3.47. The predicted octanol–water partition coefficient (Wildman–Crippen LogP) is 2.62. The second-order valence-electron chi connectivity index (χ2n) is 5.94. The average Bonchev–Trinajstić information content (AvgIpc) is 2.68. The van der Waals surface area contributed by atoms with E-state index < -0.39 is 0 Å². The van der Waals surface area contributed by atoms with E-state index in [4.69, 9.17) is 0 Å². The summed E-state index contributed by atoms with van der Waals surface area (Å²) >= 11 is 0. The molecule has 3 rings (SSSR count). The molecule has 0 saturated carbocycles. The molecule has 1 aliphatic rings. The zero-order valence-corrected chi connectivity index (χ0v) is 12.6. The lowest BCUT2D eigenvalue weighted by molar-refractivity contribution is 0.296. The molecule has 2 N–H and O–H groups in total. The first-order chi connectivity index (χ1) is 9.75. The van der Waals surface area contributed by atoms with E-state index in [-0.39, 0.29) is 0 Å². The van der Waals surface area contributed by atoms with Crippen LogP contribution in [0.3, 0.4) is 0 Å². The molecule has 0 aliphatic carbocycles. The monoisotopic (exact) mass is 271 g/mol. The third-order valence-electron chi connectivity index (χ3n) is 4.60. The van der Waals surface area contributed by atoms with Crippen molar-refractivity contribution in [3.63, 3.8) is 0 Å². The minimum atomic E-state index is 1.13. The number of aryl methyl sites for hydroxylation is 2. The lowest BCUT2D eigenvalue weighted by Crippen LogP contribution is -2.30. The van der Waals surface area contributed by atoms with Crippen molar-refractivity contribution in [3.05, 3.63) is 35.0 Å². The molecule has 2 heterocycles. The number of aromatic nitrogens is 1. The van der Waals surface area contributed by atoms with Crippen LogP contribution >= 0.6 is 0 Å². The van der Waals surface area contributed by atoms with Gasteiger partial charge in [0.15, 0.2) is 0 Å². The van der Waals surface area contributed by atoms with Gasteiger partial charge in [-0.2, -0.15) is 0 Å². The summed E-state index contributed by atoms with van der Waals surface area (Å²) in [5.74, 6) is 0. The maximum Gasteiger partial charge on any atom is 0.0489 e. The average molecular weight is 271 g/mol. The number of fused-ring (bicyclic) bond motifs is 1. The van der Waals surface area contributed by atoms with Crippen LogP contribution in [0.2, 0.25) is 0 Å². The highest BCUT2D eigenvalue weighted by molar-refractivity contribution is 5.86. The van der Waals surface area contributed by atoms with Gasteiger partial charge >= 0.3 is 0 Å². The second kappa shape index (κ2) is 5.98. The molecule has 1 aromatic carbocycles. The Hall–Kier alpha value is -1.32. The Bertz CT molecular complexity index is 577. The lowest BCUT2D eigenvalue weighted by Gasteiger charge is -2.18. The molecule has 20 heavy (non-hydrogen) atoms. The minimum absolute atomic E-state index is 1.13. The smallest absolute Gasteiger partial charge is 0.0489 e. The van der Waals surface area contributed by atoms with Gasteiger partial charge in [-0.05, 0) is 56.5 Å². The Morgan fingerprint density at radius 1 is 1.15 bits per heavy atom. The highest BCUT2D eigenvalue weighted by Crippen LogP contribution is 2.24. The molecule has 1 aromatic heterocycles. The van der Waals surface area contributed by atoms with Gasteiger partial charge in [-0.15, -0.1) is 0 Å². The molecular formula is C17H25N3. The number of nitrogens with one attached hydrogen (secondary N) is 2. The summed E-state index contributed by atoms with van der Waals surface area (Å²) in [7, 11) is 0. The zero-order valence-electron chi connectivity index (χ0n) is 12.6. The first-order valence-electron chi connectivity index (χ1n) is 7.75. The van der Waals surface area contributed by atoms with Gasteiger partial charge in [-0.3, -0.25) is 0 Å². The largest absolute Gasteiger partial charge is 0.361 e. The summed E-state index contributed by atoms with van der Waals surface area (Å²) in [6.45, 7) is 10.3. The number of hydrogen-bond acceptors (Lipinski definition) is 2. The quantitative estimate of drug-likeness (QED) is 0.899. The van der Waals surface area contributed by atoms with Crippen molar-refractivity contribution in [1.82, 2.24) is 15.2 Å². The van der Waals surface area contributed by atoms with Crippen LogP contribution in [0.25, 0.3) is 10.9 Å². The molecule has 2 aromatic rings. The molecular weight excluding hydrogens is 246 g/mol. The van der Waals surface area contributed by atoms with Crippen LogP contribution in [-0.4, -0.2) is 42.6 Å². The molecule has 0 bridgehead atoms. The van der Waals surface area contributed by atoms with Crippen molar-refractivity contribution in [3.8, 4) is 0 Å². The van der Waals surface area contributed by atoms with Crippen molar-refractivity contribution in [2.45, 2.75) is 26.7 Å². The first-order valence-corrected chi connectivity index (χ1v) is 7.75. The van der Waals surface area contributed by atoms with Gasteiger partial charge in [0.05, 0.1) is 0 Å². The van der Waals surface area contributed by atoms with E-state index >= 15 is 0 Å². The number of nitrogens with zero attached hydrogens (tertiary/aromatic N) is 1. The molecule has 0 amide bonds. The number of benzene rings is 1. The Kier molecular flexibility index (Phi) is 4.08. The third kappa shape index (κ3) is 2.74. The van der Waals surface area contributed by atoms with Crippen LogP contribution in [0, 0.1) is 13.8 Å². The Morgan fingerprint density at radius 2 is 2.05 bits per heavy atom. The Balaban J connectivity index is 1.73. The maximum absolute atomic E-state index is 3.47. The van der Waals surface area contributed by atoms with Crippen LogP contribution in [0.15, 0.2) is 18.3 Å². The third-order valence-corrected chi connectivity index (χ3v) is 4.60. The van der Waals surface area contributed by atoms with Gasteiger partial charge in [0.2, 0.25) is 0 Å². The number of H-pyrrole nitrogens is 1. The Morgan fingerprint density at radius 3 is 2.95 bits per heavy atom. The van der Waals surface area contributed by atoms with Crippen LogP contribution in [0.1, 0.15) is 23.1 Å². The standard InChI is InChI=1S/C17H25N3/c1-13-4-5-16-15(12-19-17(16)14(13)2)6-10-20-9-3-7-18-8-11-20/h4-5,12,18-19H,3,6-11H2,1-2H3. The summed E-state index contributed by atoms with van der Waals surface area (Å²) in [6, 6.07) is 4.51. The van der Waals surface area contributed by atoms with E-state index in [2.05, 4.69) is 47.4 Å². The molecule has 0 radical (unpaired) electrons. The SMILES string of the molecule is Cc1ccc2c(CCN3CCCNCC3)c[nH]c2c1C. The number of aromatic amines is 1. The van der Waals surface area contributed by atoms with Gasteiger partial charge in [-0.1, -0.05) is 12.1 Å². The number of hydrogen-bond donors (Lipinski definition) is 2. The fraction of sp³-hybridized carbons (Fsp3) is 0.529. The first kappa shape index (κ1) is 13.7. The lowest BCUT2D eigenvalue weighted by atomic mass is 10.0. The van der Waals surface area contributed by atoms with Crippen molar-refractivity contribution >= 4 is 10.9 Å². The van der Waals surface area contributed by atoms with E-state index in [1.165, 1.54) is 60.2 Å². The Labute approximate surface area is 121 Å². The highest BCUT2D eigenvalue weighted by atomic mass is 15.1. The van der Waals surface area contributed by atoms with Crippen LogP contribution in [-0.2, 0) is 6.42 Å². The molecule has 1 aliphatic heterocycles. The molecule has 0 atom stereocenters. The van der Waals surface area contributed by atoms with Crippen LogP contribution < -0.4 is 5.32 Å². The topological polar surface area (TPSA) is 31.1 Å². The van der Waals surface area contributed by atoms with Crippen molar-refractivity contribution in [1.29, 1.82) is 0 Å². The second-order valence-corrected chi connectivity index (χ2v) is 5.94. The van der Waals surface area contributed by atoms with Crippen LogP contribution in [0.4, 0.5) is 0 Å². The predicted molar refractivity (Wildman–Crippen MR) is 85.4 cm³/mol. The molecule has 1 saturated heterocycles. The minimum Gasteiger partial charge on any atom is -0.361 e. The van der Waals surface area contributed by atoms with E-state index in [0.717, 1.165) is 13.0 Å². The summed E-state index contributed by atoms with van der Waals surface area (Å²) in [5.41, 5.74) is 5.52. The summed E-state index contributed by atoms with van der Waals surface area (Å²) < 4.78 is 0. The fourth-order valence-corrected chi connectivity index (χ4v) is 3.12. The summed E-state index contributed by atoms with van der Waals surface area (Å²) in [5, 5.41) is 4.87. The van der Waals surface area contributed by atoms with Crippen molar-refractivity contribution in [2.75, 3.05) is 32.7 Å². The van der Waals surface area contributed by atoms with E-state index in [9.17, 15) is 0 Å². The van der Waals surface area contributed by atoms with Gasteiger partial charge in [0, 0.05) is 36.7 Å². The molecule has 0 unspecified atom stereocenters. The fourth-order valence-electron chi connectivity index (χ4n) is 3.12. The normalized spacial score (nSPS) is 17.5. The van der Waals surface area contributed by atoms with E-state index in [1.54, 1.807) is 0 Å². The number of rotatable bonds is 3. The van der Waals surface area contributed by atoms with Crippen molar-refractivity contribution < 1.29 is 0 Å². The zero-order chi connectivity index (χ0) is 13.9. The van der Waals surface area contributed by atoms with Crippen LogP contribution in [0.5, 0.6) is 0 Å². The molecule has 3 heteroatoms. The van der Waals surface area contributed by atoms with Gasteiger partial charge in [0.25, 0.3) is 0 Å². The van der Waals surface area contributed by atoms with Gasteiger partial charge in [0.1, 0.15) is 0 Å². The molecule has 108 valence electrons. The van der Waals surface area contributed by atoms with Crippen molar-refractivity contribution in [2.24, 2.45) is 0 Å². The van der Waals surface area contributed by atoms with Gasteiger partial charge in [-0.25, -0.2) is 0 Å².